The van der Waals surface area contributed by atoms with E-state index in [1.807, 2.05) is 0 Å². The van der Waals surface area contributed by atoms with E-state index >= 15 is 0 Å². The molecule has 6 nitrogen and oxygen atoms in total. The zero-order chi connectivity index (χ0) is 49.3. The SMILES string of the molecule is CC/C=C\C/C=C\C/C=C\C/C=C\C/C=C\CCCCCC(=O)OCC(COC(=O)CCCCC/C=C\CCCCCCCCC)OC(=O)CCC/C=C\C/C=C\C/C=C\CCCCCCCC. The predicted molar refractivity (Wildman–Crippen MR) is 293 cm³/mol. The molecule has 0 saturated heterocycles. The third-order valence-electron chi connectivity index (χ3n) is 11.5. The highest BCUT2D eigenvalue weighted by Gasteiger charge is 2.19. The molecule has 386 valence electrons. The minimum absolute atomic E-state index is 0.118. The lowest BCUT2D eigenvalue weighted by molar-refractivity contribution is -0.167. The first-order valence-electron chi connectivity index (χ1n) is 27.9. The molecule has 0 rings (SSSR count). The second-order valence-electron chi connectivity index (χ2n) is 18.1. The number of hydrogen-bond donors (Lipinski definition) is 0. The highest BCUT2D eigenvalue weighted by molar-refractivity contribution is 5.71. The van der Waals surface area contributed by atoms with Crippen molar-refractivity contribution in [2.24, 2.45) is 0 Å². The molecule has 0 aromatic rings. The van der Waals surface area contributed by atoms with Crippen LogP contribution < -0.4 is 0 Å². The van der Waals surface area contributed by atoms with E-state index < -0.39 is 6.10 Å². The minimum atomic E-state index is -0.826. The topological polar surface area (TPSA) is 78.9 Å². The lowest BCUT2D eigenvalue weighted by atomic mass is 10.1. The van der Waals surface area contributed by atoms with Crippen LogP contribution in [0.2, 0.25) is 0 Å². The summed E-state index contributed by atoms with van der Waals surface area (Å²) in [6, 6.07) is 0. The lowest BCUT2D eigenvalue weighted by Gasteiger charge is -2.18. The van der Waals surface area contributed by atoms with Gasteiger partial charge in [-0.3, -0.25) is 14.4 Å². The quantitative estimate of drug-likeness (QED) is 0.0262. The number of rotatable bonds is 49. The van der Waals surface area contributed by atoms with Crippen molar-refractivity contribution < 1.29 is 28.6 Å². The molecular weight excluding hydrogens is 841 g/mol. The van der Waals surface area contributed by atoms with Crippen LogP contribution >= 0.6 is 0 Å². The number of esters is 3. The molecule has 0 bridgehead atoms. The Morgan fingerprint density at radius 1 is 0.309 bits per heavy atom. The smallest absolute Gasteiger partial charge is 0.306 e. The van der Waals surface area contributed by atoms with Gasteiger partial charge in [-0.2, -0.15) is 0 Å². The van der Waals surface area contributed by atoms with Gasteiger partial charge < -0.3 is 14.2 Å². The van der Waals surface area contributed by atoms with E-state index in [0.717, 1.165) is 109 Å². The first kappa shape index (κ1) is 64.1. The van der Waals surface area contributed by atoms with Gasteiger partial charge in [0.1, 0.15) is 13.2 Å². The van der Waals surface area contributed by atoms with E-state index in [1.54, 1.807) is 0 Å². The molecule has 0 aliphatic heterocycles. The van der Waals surface area contributed by atoms with Crippen LogP contribution in [0.5, 0.6) is 0 Å². The molecule has 0 aromatic carbocycles. The summed E-state index contributed by atoms with van der Waals surface area (Å²) in [4.78, 5) is 38.1. The molecule has 0 fully saturated rings. The van der Waals surface area contributed by atoms with Crippen LogP contribution in [-0.2, 0) is 28.6 Å². The number of ether oxygens (including phenoxy) is 3. The Labute approximate surface area is 419 Å². The summed E-state index contributed by atoms with van der Waals surface area (Å²) in [6.45, 7) is 6.43. The standard InChI is InChI=1S/C62H102O6/c1-4-7-10-13-16-19-22-25-28-30-31-33-34-37-40-43-46-49-52-55-61(64)67-58-59(57-66-60(63)54-51-48-45-42-39-36-27-24-21-18-15-12-9-6-3)68-62(65)56-53-50-47-44-41-38-35-32-29-26-23-20-17-14-11-8-5-2/h7,10,16,19,25-26,28-29,31,33,35-40,44,47,59H,4-6,8-9,11-15,17-18,20-24,27,30,32,34,41-43,45-46,48-58H2,1-3H3/b10-7-,19-16-,28-25-,29-26-,33-31-,38-35-,39-36-,40-37-,47-44-. The lowest BCUT2D eigenvalue weighted by Crippen LogP contribution is -2.30. The zero-order valence-electron chi connectivity index (χ0n) is 44.1. The van der Waals surface area contributed by atoms with Gasteiger partial charge in [0, 0.05) is 19.3 Å². The van der Waals surface area contributed by atoms with Crippen molar-refractivity contribution in [1.82, 2.24) is 0 Å². The van der Waals surface area contributed by atoms with E-state index in [0.29, 0.717) is 19.3 Å². The maximum absolute atomic E-state index is 12.8. The molecule has 0 aromatic heterocycles. The molecule has 68 heavy (non-hydrogen) atoms. The average Bonchev–Trinajstić information content (AvgIpc) is 3.34. The van der Waals surface area contributed by atoms with E-state index in [2.05, 4.69) is 130 Å². The Balaban J connectivity index is 4.55. The molecule has 0 saturated carbocycles. The molecule has 0 heterocycles. The van der Waals surface area contributed by atoms with Gasteiger partial charge in [0.05, 0.1) is 0 Å². The molecule has 0 N–H and O–H groups in total. The Morgan fingerprint density at radius 3 is 0.956 bits per heavy atom. The predicted octanol–water partition coefficient (Wildman–Crippen LogP) is 18.7. The third-order valence-corrected chi connectivity index (χ3v) is 11.5. The fourth-order valence-electron chi connectivity index (χ4n) is 7.30. The van der Waals surface area contributed by atoms with Crippen molar-refractivity contribution in [1.29, 1.82) is 0 Å². The summed E-state index contributed by atoms with van der Waals surface area (Å²) in [5, 5.41) is 0. The van der Waals surface area contributed by atoms with Crippen LogP contribution in [0.25, 0.3) is 0 Å². The van der Waals surface area contributed by atoms with Gasteiger partial charge in [-0.25, -0.2) is 0 Å². The van der Waals surface area contributed by atoms with E-state index in [4.69, 9.17) is 14.2 Å². The van der Waals surface area contributed by atoms with Crippen molar-refractivity contribution >= 4 is 17.9 Å². The molecule has 0 spiro atoms. The average molecular weight is 943 g/mol. The van der Waals surface area contributed by atoms with Crippen LogP contribution in [0.3, 0.4) is 0 Å². The van der Waals surface area contributed by atoms with Crippen molar-refractivity contribution in [3.63, 3.8) is 0 Å². The van der Waals surface area contributed by atoms with Crippen molar-refractivity contribution in [3.05, 3.63) is 109 Å². The molecule has 0 aliphatic rings. The third kappa shape index (κ3) is 53.0. The van der Waals surface area contributed by atoms with Gasteiger partial charge in [-0.05, 0) is 122 Å². The van der Waals surface area contributed by atoms with Crippen LogP contribution in [0.15, 0.2) is 109 Å². The van der Waals surface area contributed by atoms with E-state index in [1.165, 1.54) is 89.9 Å². The summed E-state index contributed by atoms with van der Waals surface area (Å²) < 4.78 is 16.8. The first-order chi connectivity index (χ1) is 33.5. The summed E-state index contributed by atoms with van der Waals surface area (Å²) >= 11 is 0. The van der Waals surface area contributed by atoms with Gasteiger partial charge in [0.25, 0.3) is 0 Å². The van der Waals surface area contributed by atoms with Crippen molar-refractivity contribution in [3.8, 4) is 0 Å². The summed E-state index contributed by atoms with van der Waals surface area (Å²) in [6.07, 6.45) is 75.1. The molecular formula is C62H102O6. The van der Waals surface area contributed by atoms with Crippen LogP contribution in [0.4, 0.5) is 0 Å². The maximum atomic E-state index is 12.8. The Morgan fingerprint density at radius 2 is 0.588 bits per heavy atom. The molecule has 6 heteroatoms. The van der Waals surface area contributed by atoms with Crippen LogP contribution in [-0.4, -0.2) is 37.2 Å². The molecule has 1 atom stereocenters. The number of allylic oxidation sites excluding steroid dienone is 18. The Kier molecular flexibility index (Phi) is 52.4. The monoisotopic (exact) mass is 943 g/mol. The van der Waals surface area contributed by atoms with Gasteiger partial charge in [0.2, 0.25) is 0 Å². The van der Waals surface area contributed by atoms with Crippen molar-refractivity contribution in [2.45, 2.75) is 252 Å². The summed E-state index contributed by atoms with van der Waals surface area (Å²) in [5.41, 5.74) is 0. The first-order valence-corrected chi connectivity index (χ1v) is 27.9. The van der Waals surface area contributed by atoms with Gasteiger partial charge in [0.15, 0.2) is 6.10 Å². The highest BCUT2D eigenvalue weighted by Crippen LogP contribution is 2.12. The van der Waals surface area contributed by atoms with Crippen LogP contribution in [0.1, 0.15) is 245 Å². The van der Waals surface area contributed by atoms with E-state index in [-0.39, 0.29) is 37.5 Å². The van der Waals surface area contributed by atoms with E-state index in [9.17, 15) is 14.4 Å². The molecule has 0 aliphatic carbocycles. The minimum Gasteiger partial charge on any atom is -0.462 e. The second kappa shape index (κ2) is 55.7. The number of carbonyl (C=O) groups is 3. The fourth-order valence-corrected chi connectivity index (χ4v) is 7.30. The molecule has 0 amide bonds. The van der Waals surface area contributed by atoms with Crippen LogP contribution in [0, 0.1) is 0 Å². The normalized spacial score (nSPS) is 12.9. The number of unbranched alkanes of at least 4 members (excludes halogenated alkanes) is 20. The zero-order valence-corrected chi connectivity index (χ0v) is 44.1. The fraction of sp³-hybridized carbons (Fsp3) is 0.661. The van der Waals surface area contributed by atoms with Crippen molar-refractivity contribution in [2.75, 3.05) is 13.2 Å². The Hall–Kier alpha value is -3.93. The van der Waals surface area contributed by atoms with Gasteiger partial charge in [-0.1, -0.05) is 214 Å². The van der Waals surface area contributed by atoms with Gasteiger partial charge >= 0.3 is 17.9 Å². The second-order valence-corrected chi connectivity index (χ2v) is 18.1. The number of hydrogen-bond acceptors (Lipinski definition) is 6. The molecule has 1 unspecified atom stereocenters. The summed E-state index contributed by atoms with van der Waals surface area (Å²) in [7, 11) is 0. The number of carbonyl (C=O) groups excluding carboxylic acids is 3. The maximum Gasteiger partial charge on any atom is 0.306 e. The largest absolute Gasteiger partial charge is 0.462 e. The Bertz CT molecular complexity index is 1410. The summed E-state index contributed by atoms with van der Waals surface area (Å²) in [5.74, 6) is -1.02. The molecule has 0 radical (unpaired) electrons. The van der Waals surface area contributed by atoms with Gasteiger partial charge in [-0.15, -0.1) is 0 Å². The highest BCUT2D eigenvalue weighted by atomic mass is 16.6.